The van der Waals surface area contributed by atoms with Gasteiger partial charge in [-0.1, -0.05) is 5.92 Å². The van der Waals surface area contributed by atoms with E-state index in [1.807, 2.05) is 6.92 Å². The number of hydrogen-bond donors (Lipinski definition) is 4. The average Bonchev–Trinajstić information content (AvgIpc) is 2.99. The van der Waals surface area contributed by atoms with Crippen LogP contribution in [0.1, 0.15) is 17.3 Å². The maximum Gasteiger partial charge on any atom is 0.248 e. The molecule has 2 rings (SSSR count). The third-order valence-corrected chi connectivity index (χ3v) is 5.67. The highest BCUT2D eigenvalue weighted by atomic mass is 32.2. The summed E-state index contributed by atoms with van der Waals surface area (Å²) in [6.07, 6.45) is 5.14. The Balaban J connectivity index is 1.99. The van der Waals surface area contributed by atoms with E-state index in [0.717, 1.165) is 5.69 Å². The number of anilines is 1. The number of terminal acetylenes is 1. The van der Waals surface area contributed by atoms with E-state index in [-0.39, 0.29) is 23.6 Å². The van der Waals surface area contributed by atoms with E-state index >= 15 is 0 Å². The van der Waals surface area contributed by atoms with E-state index in [4.69, 9.17) is 17.9 Å². The maximum absolute atomic E-state index is 12.6. The van der Waals surface area contributed by atoms with Crippen molar-refractivity contribution in [1.29, 1.82) is 0 Å². The molecule has 3 amide bonds. The molecule has 0 bridgehead atoms. The van der Waals surface area contributed by atoms with Gasteiger partial charge in [0.1, 0.15) is 16.7 Å². The number of hydrogen-bond acceptors (Lipinski definition) is 6. The molecule has 0 saturated carbocycles. The fourth-order valence-corrected chi connectivity index (χ4v) is 4.17. The van der Waals surface area contributed by atoms with Crippen LogP contribution >= 0.6 is 11.8 Å². The Morgan fingerprint density at radius 1 is 1.37 bits per heavy atom. The van der Waals surface area contributed by atoms with Crippen LogP contribution in [-0.2, 0) is 9.59 Å². The Labute approximate surface area is 162 Å². The van der Waals surface area contributed by atoms with Gasteiger partial charge in [-0.3, -0.25) is 14.4 Å². The largest absolute Gasteiger partial charge is 0.383 e. The van der Waals surface area contributed by atoms with Crippen LogP contribution in [0.15, 0.2) is 24.3 Å². The summed E-state index contributed by atoms with van der Waals surface area (Å²) in [7, 11) is 0. The Morgan fingerprint density at radius 3 is 2.59 bits per heavy atom. The molecule has 1 aromatic rings. The van der Waals surface area contributed by atoms with E-state index < -0.39 is 17.3 Å². The molecule has 1 heterocycles. The molecule has 0 radical (unpaired) electrons. The lowest BCUT2D eigenvalue weighted by molar-refractivity contribution is -0.130. The summed E-state index contributed by atoms with van der Waals surface area (Å²) in [4.78, 5) is 37.4. The molecule has 0 aliphatic carbocycles. The first-order valence-electron chi connectivity index (χ1n) is 8.45. The van der Waals surface area contributed by atoms with E-state index in [0.29, 0.717) is 18.7 Å². The summed E-state index contributed by atoms with van der Waals surface area (Å²) < 4.78 is 0. The average molecular weight is 389 g/mol. The molecule has 9 heteroatoms. The van der Waals surface area contributed by atoms with Gasteiger partial charge >= 0.3 is 0 Å². The van der Waals surface area contributed by atoms with Crippen molar-refractivity contribution in [3.8, 4) is 12.3 Å². The summed E-state index contributed by atoms with van der Waals surface area (Å²) in [5.74, 6) is 1.37. The van der Waals surface area contributed by atoms with E-state index in [2.05, 4.69) is 16.6 Å². The number of rotatable bonds is 8. The first-order valence-corrected chi connectivity index (χ1v) is 9.39. The number of benzene rings is 1. The molecule has 1 aromatic carbocycles. The van der Waals surface area contributed by atoms with Crippen LogP contribution < -0.4 is 22.1 Å². The highest BCUT2D eigenvalue weighted by Crippen LogP contribution is 2.33. The molecule has 0 aromatic heterocycles. The SMILES string of the molecule is C#CCNC(=O)[C@@H](N)C1S[C@H](CNc2ccc(C(N)=O)cc2)C(=O)N1CC. The number of primary amides is 1. The molecule has 1 aliphatic heterocycles. The number of carbonyl (C=O) groups is 3. The molecule has 0 spiro atoms. The van der Waals surface area contributed by atoms with Crippen molar-refractivity contribution in [3.05, 3.63) is 29.8 Å². The standard InChI is InChI=1S/C18H23N5O3S/c1-3-9-21-16(25)14(19)18-23(4-2)17(26)13(27-18)10-22-12-7-5-11(6-8-12)15(20)24/h1,5-8,13-14,18,22H,4,9-10,19H2,2H3,(H2,20,24)(H,21,25)/t13-,14-,18?/m1/s1. The van der Waals surface area contributed by atoms with Crippen molar-refractivity contribution in [3.63, 3.8) is 0 Å². The van der Waals surface area contributed by atoms with Crippen LogP contribution in [0.25, 0.3) is 0 Å². The molecule has 1 unspecified atom stereocenters. The van der Waals surface area contributed by atoms with Crippen molar-refractivity contribution in [2.24, 2.45) is 11.5 Å². The lowest BCUT2D eigenvalue weighted by atomic mass is 10.2. The summed E-state index contributed by atoms with van der Waals surface area (Å²) in [5.41, 5.74) is 12.4. The molecule has 3 atom stereocenters. The number of amides is 3. The molecule has 27 heavy (non-hydrogen) atoms. The zero-order chi connectivity index (χ0) is 20.0. The second kappa shape index (κ2) is 9.30. The van der Waals surface area contributed by atoms with Gasteiger partial charge in [-0.05, 0) is 31.2 Å². The topological polar surface area (TPSA) is 131 Å². The number of likely N-dealkylation sites (N-methyl/N-ethyl adjacent to an activating group) is 1. The summed E-state index contributed by atoms with van der Waals surface area (Å²) >= 11 is 1.35. The second-order valence-electron chi connectivity index (χ2n) is 5.91. The van der Waals surface area contributed by atoms with E-state index in [9.17, 15) is 14.4 Å². The predicted octanol–water partition coefficient (Wildman–Crippen LogP) is -0.436. The predicted molar refractivity (Wildman–Crippen MR) is 106 cm³/mol. The lowest BCUT2D eigenvalue weighted by Crippen LogP contribution is -2.52. The van der Waals surface area contributed by atoms with Crippen LogP contribution in [0.2, 0.25) is 0 Å². The second-order valence-corrected chi connectivity index (χ2v) is 7.23. The molecule has 1 saturated heterocycles. The molecular formula is C18H23N5O3S. The molecule has 1 aliphatic rings. The van der Waals surface area contributed by atoms with Gasteiger partial charge in [-0.25, -0.2) is 0 Å². The number of nitrogens with one attached hydrogen (secondary N) is 2. The van der Waals surface area contributed by atoms with Gasteiger partial charge in [0.15, 0.2) is 0 Å². The van der Waals surface area contributed by atoms with Crippen LogP contribution in [0.5, 0.6) is 0 Å². The molecular weight excluding hydrogens is 366 g/mol. The summed E-state index contributed by atoms with van der Waals surface area (Å²) in [6.45, 7) is 2.76. The van der Waals surface area contributed by atoms with Crippen LogP contribution in [0.4, 0.5) is 5.69 Å². The van der Waals surface area contributed by atoms with Crippen LogP contribution in [-0.4, -0.2) is 58.9 Å². The first-order chi connectivity index (χ1) is 12.9. The molecule has 144 valence electrons. The van der Waals surface area contributed by atoms with Crippen molar-refractivity contribution < 1.29 is 14.4 Å². The van der Waals surface area contributed by atoms with Crippen molar-refractivity contribution in [2.45, 2.75) is 23.6 Å². The van der Waals surface area contributed by atoms with Gasteiger partial charge in [0, 0.05) is 24.3 Å². The summed E-state index contributed by atoms with van der Waals surface area (Å²) in [6, 6.07) is 5.80. The third-order valence-electron chi connectivity index (χ3n) is 4.15. The Kier molecular flexibility index (Phi) is 7.10. The Hall–Kier alpha value is -2.70. The minimum Gasteiger partial charge on any atom is -0.383 e. The normalized spacial score (nSPS) is 20.0. The van der Waals surface area contributed by atoms with Crippen molar-refractivity contribution in [2.75, 3.05) is 25.0 Å². The minimum absolute atomic E-state index is 0.0750. The van der Waals surface area contributed by atoms with Crippen molar-refractivity contribution in [1.82, 2.24) is 10.2 Å². The Morgan fingerprint density at radius 2 is 2.04 bits per heavy atom. The minimum atomic E-state index is -0.868. The highest BCUT2D eigenvalue weighted by molar-refractivity contribution is 8.01. The van der Waals surface area contributed by atoms with Crippen LogP contribution in [0.3, 0.4) is 0 Å². The van der Waals surface area contributed by atoms with Gasteiger partial charge in [-0.15, -0.1) is 18.2 Å². The zero-order valence-electron chi connectivity index (χ0n) is 15.0. The Bertz CT molecular complexity index is 746. The van der Waals surface area contributed by atoms with Gasteiger partial charge in [0.2, 0.25) is 17.7 Å². The van der Waals surface area contributed by atoms with Gasteiger partial charge in [-0.2, -0.15) is 0 Å². The van der Waals surface area contributed by atoms with Gasteiger partial charge in [0.05, 0.1) is 6.54 Å². The number of nitrogens with zero attached hydrogens (tertiary/aromatic N) is 1. The number of thioether (sulfide) groups is 1. The zero-order valence-corrected chi connectivity index (χ0v) is 15.8. The van der Waals surface area contributed by atoms with Gasteiger partial charge in [0.25, 0.3) is 0 Å². The monoisotopic (exact) mass is 389 g/mol. The first kappa shape index (κ1) is 20.6. The van der Waals surface area contributed by atoms with Gasteiger partial charge < -0.3 is 27.0 Å². The fraction of sp³-hybridized carbons (Fsp3) is 0.389. The maximum atomic E-state index is 12.6. The molecule has 1 fully saturated rings. The third kappa shape index (κ3) is 4.93. The quantitative estimate of drug-likeness (QED) is 0.446. The number of carbonyl (C=O) groups excluding carboxylic acids is 3. The smallest absolute Gasteiger partial charge is 0.248 e. The van der Waals surface area contributed by atoms with E-state index in [1.165, 1.54) is 11.8 Å². The lowest BCUT2D eigenvalue weighted by Gasteiger charge is -2.26. The number of nitrogens with two attached hydrogens (primary N) is 2. The summed E-state index contributed by atoms with van der Waals surface area (Å²) in [5, 5.41) is 4.88. The molecule has 6 N–H and O–H groups in total. The van der Waals surface area contributed by atoms with E-state index in [1.54, 1.807) is 29.2 Å². The van der Waals surface area contributed by atoms with Crippen molar-refractivity contribution >= 4 is 35.2 Å². The highest BCUT2D eigenvalue weighted by Gasteiger charge is 2.44. The fourth-order valence-electron chi connectivity index (χ4n) is 2.71. The molecule has 8 nitrogen and oxygen atoms in total. The van der Waals surface area contributed by atoms with Crippen LogP contribution in [0, 0.1) is 12.3 Å².